The van der Waals surface area contributed by atoms with Gasteiger partial charge in [0.05, 0.1) is 18.0 Å². The highest BCUT2D eigenvalue weighted by atomic mass is 16.5. The molecule has 1 fully saturated rings. The predicted octanol–water partition coefficient (Wildman–Crippen LogP) is 2.50. The standard InChI is InChI=1S/C12H18N2O/c1-12(2,3)11-6-10(9(13)7-14-11)15-8-4-5-8/h6-8H,4-5,13H2,1-3H3. The number of anilines is 1. The quantitative estimate of drug-likeness (QED) is 0.808. The summed E-state index contributed by atoms with van der Waals surface area (Å²) in [5, 5.41) is 0. The average molecular weight is 206 g/mol. The summed E-state index contributed by atoms with van der Waals surface area (Å²) in [7, 11) is 0. The summed E-state index contributed by atoms with van der Waals surface area (Å²) in [6.45, 7) is 6.39. The molecule has 0 radical (unpaired) electrons. The van der Waals surface area contributed by atoms with E-state index in [0.717, 1.165) is 24.3 Å². The summed E-state index contributed by atoms with van der Waals surface area (Å²) in [5.74, 6) is 0.789. The predicted molar refractivity (Wildman–Crippen MR) is 61.0 cm³/mol. The van der Waals surface area contributed by atoms with Crippen molar-refractivity contribution in [1.82, 2.24) is 4.98 Å². The smallest absolute Gasteiger partial charge is 0.146 e. The van der Waals surface area contributed by atoms with E-state index in [1.807, 2.05) is 6.07 Å². The van der Waals surface area contributed by atoms with E-state index < -0.39 is 0 Å². The van der Waals surface area contributed by atoms with Crippen molar-refractivity contribution in [2.24, 2.45) is 0 Å². The van der Waals surface area contributed by atoms with Crippen LogP contribution in [0.5, 0.6) is 5.75 Å². The van der Waals surface area contributed by atoms with Crippen LogP contribution < -0.4 is 10.5 Å². The van der Waals surface area contributed by atoms with Crippen molar-refractivity contribution >= 4 is 5.69 Å². The van der Waals surface area contributed by atoms with Crippen molar-refractivity contribution < 1.29 is 4.74 Å². The highest BCUT2D eigenvalue weighted by Gasteiger charge is 2.25. The van der Waals surface area contributed by atoms with Gasteiger partial charge >= 0.3 is 0 Å². The Bertz CT molecular complexity index is 364. The number of hydrogen-bond donors (Lipinski definition) is 1. The molecule has 2 rings (SSSR count). The third-order valence-corrected chi connectivity index (χ3v) is 2.48. The van der Waals surface area contributed by atoms with E-state index in [0.29, 0.717) is 11.8 Å². The van der Waals surface area contributed by atoms with Gasteiger partial charge in [-0.1, -0.05) is 20.8 Å². The lowest BCUT2D eigenvalue weighted by Crippen LogP contribution is -2.14. The number of pyridine rings is 1. The van der Waals surface area contributed by atoms with Crippen LogP contribution in [0.4, 0.5) is 5.69 Å². The second-order valence-electron chi connectivity index (χ2n) is 5.17. The lowest BCUT2D eigenvalue weighted by atomic mass is 9.91. The van der Waals surface area contributed by atoms with E-state index in [-0.39, 0.29) is 5.41 Å². The number of nitrogen functional groups attached to an aromatic ring is 1. The molecule has 1 heterocycles. The summed E-state index contributed by atoms with van der Waals surface area (Å²) in [6, 6.07) is 1.97. The minimum atomic E-state index is 0.0371. The molecule has 3 heteroatoms. The molecule has 0 atom stereocenters. The van der Waals surface area contributed by atoms with Gasteiger partial charge in [-0.2, -0.15) is 0 Å². The number of rotatable bonds is 2. The van der Waals surface area contributed by atoms with Crippen LogP contribution in [0.25, 0.3) is 0 Å². The van der Waals surface area contributed by atoms with E-state index in [1.165, 1.54) is 0 Å². The highest BCUT2D eigenvalue weighted by molar-refractivity contribution is 5.52. The fourth-order valence-corrected chi connectivity index (χ4v) is 1.33. The summed E-state index contributed by atoms with van der Waals surface area (Å²) in [4.78, 5) is 4.33. The molecular formula is C12H18N2O. The van der Waals surface area contributed by atoms with E-state index in [1.54, 1.807) is 6.20 Å². The number of nitrogens with zero attached hydrogens (tertiary/aromatic N) is 1. The molecule has 1 aliphatic carbocycles. The van der Waals surface area contributed by atoms with Gasteiger partial charge in [0.2, 0.25) is 0 Å². The minimum Gasteiger partial charge on any atom is -0.488 e. The molecule has 1 aliphatic rings. The third kappa shape index (κ3) is 2.41. The van der Waals surface area contributed by atoms with Gasteiger partial charge in [0, 0.05) is 17.2 Å². The fraction of sp³-hybridized carbons (Fsp3) is 0.583. The Balaban J connectivity index is 2.27. The summed E-state index contributed by atoms with van der Waals surface area (Å²) >= 11 is 0. The first-order valence-electron chi connectivity index (χ1n) is 5.39. The molecule has 0 bridgehead atoms. The number of nitrogens with two attached hydrogens (primary N) is 1. The molecule has 0 saturated heterocycles. The first-order valence-corrected chi connectivity index (χ1v) is 5.39. The molecule has 2 N–H and O–H groups in total. The maximum atomic E-state index is 5.82. The van der Waals surface area contributed by atoms with Gasteiger partial charge in [-0.05, 0) is 12.8 Å². The van der Waals surface area contributed by atoms with Gasteiger partial charge in [-0.15, -0.1) is 0 Å². The Morgan fingerprint density at radius 3 is 2.60 bits per heavy atom. The van der Waals surface area contributed by atoms with Crippen LogP contribution in [0.15, 0.2) is 12.3 Å². The van der Waals surface area contributed by atoms with Crippen molar-refractivity contribution in [2.45, 2.75) is 45.1 Å². The highest BCUT2D eigenvalue weighted by Crippen LogP contribution is 2.32. The Labute approximate surface area is 90.7 Å². The maximum absolute atomic E-state index is 5.82. The van der Waals surface area contributed by atoms with E-state index in [2.05, 4.69) is 25.8 Å². The molecule has 1 aromatic heterocycles. The van der Waals surface area contributed by atoms with Crippen LogP contribution in [0.3, 0.4) is 0 Å². The monoisotopic (exact) mass is 206 g/mol. The van der Waals surface area contributed by atoms with Gasteiger partial charge < -0.3 is 10.5 Å². The van der Waals surface area contributed by atoms with Gasteiger partial charge in [0.1, 0.15) is 5.75 Å². The zero-order chi connectivity index (χ0) is 11.1. The topological polar surface area (TPSA) is 48.1 Å². The SMILES string of the molecule is CC(C)(C)c1cc(OC2CC2)c(N)cn1. The van der Waals surface area contributed by atoms with Crippen molar-refractivity contribution in [2.75, 3.05) is 5.73 Å². The van der Waals surface area contributed by atoms with Crippen molar-refractivity contribution in [1.29, 1.82) is 0 Å². The first kappa shape index (κ1) is 10.3. The zero-order valence-electron chi connectivity index (χ0n) is 9.58. The lowest BCUT2D eigenvalue weighted by Gasteiger charge is -2.19. The molecule has 0 aromatic carbocycles. The Hall–Kier alpha value is -1.25. The second kappa shape index (κ2) is 3.40. The Kier molecular flexibility index (Phi) is 2.33. The molecule has 0 spiro atoms. The van der Waals surface area contributed by atoms with Crippen LogP contribution in [0.1, 0.15) is 39.3 Å². The number of ether oxygens (including phenoxy) is 1. The van der Waals surface area contributed by atoms with E-state index >= 15 is 0 Å². The molecule has 0 aliphatic heterocycles. The molecule has 0 unspecified atom stereocenters. The Morgan fingerprint density at radius 2 is 2.07 bits per heavy atom. The zero-order valence-corrected chi connectivity index (χ0v) is 9.58. The fourth-order valence-electron chi connectivity index (χ4n) is 1.33. The van der Waals surface area contributed by atoms with Gasteiger partial charge in [-0.25, -0.2) is 0 Å². The van der Waals surface area contributed by atoms with E-state index in [4.69, 9.17) is 10.5 Å². The average Bonchev–Trinajstić information content (AvgIpc) is 2.90. The molecule has 0 amide bonds. The number of hydrogen-bond acceptors (Lipinski definition) is 3. The normalized spacial score (nSPS) is 16.5. The lowest BCUT2D eigenvalue weighted by molar-refractivity contribution is 0.303. The van der Waals surface area contributed by atoms with E-state index in [9.17, 15) is 0 Å². The van der Waals surface area contributed by atoms with Gasteiger partial charge in [-0.3, -0.25) is 4.98 Å². The van der Waals surface area contributed by atoms with Crippen molar-refractivity contribution in [3.05, 3.63) is 18.0 Å². The van der Waals surface area contributed by atoms with Crippen molar-refractivity contribution in [3.63, 3.8) is 0 Å². The maximum Gasteiger partial charge on any atom is 0.146 e. The summed E-state index contributed by atoms with van der Waals surface area (Å²) in [6.07, 6.45) is 4.36. The van der Waals surface area contributed by atoms with Crippen LogP contribution >= 0.6 is 0 Å². The van der Waals surface area contributed by atoms with Gasteiger partial charge in [0.15, 0.2) is 0 Å². The van der Waals surface area contributed by atoms with Crippen molar-refractivity contribution in [3.8, 4) is 5.75 Å². The summed E-state index contributed by atoms with van der Waals surface area (Å²) < 4.78 is 5.73. The largest absolute Gasteiger partial charge is 0.488 e. The second-order valence-corrected chi connectivity index (χ2v) is 5.17. The molecule has 3 nitrogen and oxygen atoms in total. The van der Waals surface area contributed by atoms with Crippen LogP contribution in [0, 0.1) is 0 Å². The molecule has 15 heavy (non-hydrogen) atoms. The molecular weight excluding hydrogens is 188 g/mol. The molecule has 1 aromatic rings. The van der Waals surface area contributed by atoms with Gasteiger partial charge in [0.25, 0.3) is 0 Å². The summed E-state index contributed by atoms with van der Waals surface area (Å²) in [5.41, 5.74) is 7.51. The minimum absolute atomic E-state index is 0.0371. The van der Waals surface area contributed by atoms with Crippen LogP contribution in [0.2, 0.25) is 0 Å². The third-order valence-electron chi connectivity index (χ3n) is 2.48. The molecule has 1 saturated carbocycles. The first-order chi connectivity index (χ1) is 6.97. The number of aromatic nitrogens is 1. The van der Waals surface area contributed by atoms with Crippen LogP contribution in [-0.2, 0) is 5.41 Å². The van der Waals surface area contributed by atoms with Crippen LogP contribution in [-0.4, -0.2) is 11.1 Å². The Morgan fingerprint density at radius 1 is 1.40 bits per heavy atom. The molecule has 82 valence electrons.